The van der Waals surface area contributed by atoms with Gasteiger partial charge in [0.05, 0.1) is 19.4 Å². The summed E-state index contributed by atoms with van der Waals surface area (Å²) < 4.78 is 17.8. The number of hydrogen-bond acceptors (Lipinski definition) is 3. The average molecular weight is 378 g/mol. The van der Waals surface area contributed by atoms with Gasteiger partial charge in [-0.3, -0.25) is 9.59 Å². The molecule has 0 radical (unpaired) electrons. The molecule has 0 aliphatic rings. The van der Waals surface area contributed by atoms with E-state index in [1.54, 1.807) is 36.1 Å². The summed E-state index contributed by atoms with van der Waals surface area (Å²) in [4.78, 5) is 26.1. The van der Waals surface area contributed by atoms with Crippen molar-refractivity contribution < 1.29 is 18.7 Å². The lowest BCUT2D eigenvalue weighted by Crippen LogP contribution is -2.37. The van der Waals surface area contributed by atoms with E-state index in [1.165, 1.54) is 19.2 Å². The van der Waals surface area contributed by atoms with Crippen molar-refractivity contribution in [2.45, 2.75) is 19.9 Å². The van der Waals surface area contributed by atoms with Gasteiger partial charge in [0.15, 0.2) is 0 Å². The number of carbonyl (C=O) groups excluding carboxylic acids is 2. The quantitative estimate of drug-likeness (QED) is 0.688. The number of nitrogens with zero attached hydrogens (tertiary/aromatic N) is 1. The first kappa shape index (κ1) is 19.9. The number of ether oxygens (including phenoxy) is 1. The van der Waals surface area contributed by atoms with E-state index in [9.17, 15) is 14.0 Å². The topological polar surface area (TPSA) is 46.6 Å². The smallest absolute Gasteiger partial charge is 0.310 e. The zero-order valence-corrected chi connectivity index (χ0v) is 15.5. The summed E-state index contributed by atoms with van der Waals surface area (Å²) in [7, 11) is 1.32. The van der Waals surface area contributed by atoms with Crippen molar-refractivity contribution >= 4 is 23.5 Å². The molecular weight excluding hydrogens is 357 g/mol. The third-order valence-corrected chi connectivity index (χ3v) is 4.26. The highest BCUT2D eigenvalue weighted by Gasteiger charge is 2.22. The third-order valence-electron chi connectivity index (χ3n) is 4.01. The molecule has 0 saturated carbocycles. The minimum absolute atomic E-state index is 0.127. The van der Waals surface area contributed by atoms with Gasteiger partial charge in [0.25, 0.3) is 0 Å². The van der Waals surface area contributed by atoms with Gasteiger partial charge in [-0.05, 0) is 35.4 Å². The van der Waals surface area contributed by atoms with E-state index in [-0.39, 0.29) is 30.7 Å². The van der Waals surface area contributed by atoms with Crippen molar-refractivity contribution in [3.8, 4) is 0 Å². The van der Waals surface area contributed by atoms with E-state index >= 15 is 0 Å². The zero-order chi connectivity index (χ0) is 19.1. The van der Waals surface area contributed by atoms with Crippen LogP contribution in [-0.2, 0) is 27.3 Å². The number of carbonyl (C=O) groups is 2. The summed E-state index contributed by atoms with van der Waals surface area (Å²) in [5, 5.41) is 0.612. The Labute approximate surface area is 157 Å². The van der Waals surface area contributed by atoms with Crippen LogP contribution in [0.1, 0.15) is 18.1 Å². The zero-order valence-electron chi connectivity index (χ0n) is 14.7. The van der Waals surface area contributed by atoms with Crippen LogP contribution in [-0.4, -0.2) is 30.4 Å². The molecule has 0 aromatic heterocycles. The lowest BCUT2D eigenvalue weighted by atomic mass is 10.1. The first-order chi connectivity index (χ1) is 12.4. The molecule has 1 atom stereocenters. The highest BCUT2D eigenvalue weighted by atomic mass is 35.5. The van der Waals surface area contributed by atoms with E-state index in [4.69, 9.17) is 16.3 Å². The standard InChI is InChI=1S/C20H21ClFNO3/c1-14(20(25)26-2)12-23(13-16-3-7-17(21)8-4-16)19(24)11-15-5-9-18(22)10-6-15/h3-10,14H,11-13H2,1-2H3. The van der Waals surface area contributed by atoms with Crippen molar-refractivity contribution in [1.82, 2.24) is 4.90 Å². The molecule has 138 valence electrons. The van der Waals surface area contributed by atoms with Crippen LogP contribution in [0.5, 0.6) is 0 Å². The number of esters is 1. The van der Waals surface area contributed by atoms with Crippen LogP contribution in [0.15, 0.2) is 48.5 Å². The maximum atomic E-state index is 13.0. The molecule has 2 rings (SSSR count). The highest BCUT2D eigenvalue weighted by Crippen LogP contribution is 2.15. The van der Waals surface area contributed by atoms with Crippen molar-refractivity contribution in [1.29, 1.82) is 0 Å². The second-order valence-electron chi connectivity index (χ2n) is 6.13. The Morgan fingerprint density at radius 3 is 2.23 bits per heavy atom. The fourth-order valence-corrected chi connectivity index (χ4v) is 2.69. The lowest BCUT2D eigenvalue weighted by molar-refractivity contribution is -0.146. The predicted molar refractivity (Wildman–Crippen MR) is 98.2 cm³/mol. The van der Waals surface area contributed by atoms with Gasteiger partial charge in [-0.15, -0.1) is 0 Å². The first-order valence-electron chi connectivity index (χ1n) is 8.23. The largest absolute Gasteiger partial charge is 0.469 e. The van der Waals surface area contributed by atoms with E-state index < -0.39 is 5.92 Å². The number of amides is 1. The van der Waals surface area contributed by atoms with Crippen LogP contribution in [0.4, 0.5) is 4.39 Å². The van der Waals surface area contributed by atoms with Gasteiger partial charge in [-0.25, -0.2) is 4.39 Å². The van der Waals surface area contributed by atoms with Gasteiger partial charge in [0.2, 0.25) is 5.91 Å². The molecule has 0 N–H and O–H groups in total. The second-order valence-corrected chi connectivity index (χ2v) is 6.56. The number of rotatable bonds is 7. The van der Waals surface area contributed by atoms with Gasteiger partial charge < -0.3 is 9.64 Å². The summed E-state index contributed by atoms with van der Waals surface area (Å²) in [5.41, 5.74) is 1.61. The van der Waals surface area contributed by atoms with E-state index in [2.05, 4.69) is 0 Å². The van der Waals surface area contributed by atoms with E-state index in [0.29, 0.717) is 17.1 Å². The molecule has 26 heavy (non-hydrogen) atoms. The van der Waals surface area contributed by atoms with Crippen molar-refractivity contribution in [3.05, 3.63) is 70.5 Å². The Morgan fingerprint density at radius 2 is 1.65 bits per heavy atom. The van der Waals surface area contributed by atoms with Crippen molar-refractivity contribution in [2.24, 2.45) is 5.92 Å². The Balaban J connectivity index is 2.14. The fourth-order valence-electron chi connectivity index (χ4n) is 2.56. The Morgan fingerprint density at radius 1 is 1.08 bits per heavy atom. The predicted octanol–water partition coefficient (Wildman–Crippen LogP) is 3.86. The molecule has 2 aromatic carbocycles. The molecule has 0 fully saturated rings. The molecule has 6 heteroatoms. The van der Waals surface area contributed by atoms with E-state index in [1.807, 2.05) is 12.1 Å². The molecule has 0 aliphatic heterocycles. The van der Waals surface area contributed by atoms with Gasteiger partial charge in [-0.1, -0.05) is 42.8 Å². The molecule has 0 spiro atoms. The molecule has 1 amide bonds. The first-order valence-corrected chi connectivity index (χ1v) is 8.61. The summed E-state index contributed by atoms with van der Waals surface area (Å²) in [6, 6.07) is 13.0. The van der Waals surface area contributed by atoms with Gasteiger partial charge in [0, 0.05) is 18.1 Å². The Kier molecular flexibility index (Phi) is 7.16. The molecule has 0 bridgehead atoms. The molecule has 4 nitrogen and oxygen atoms in total. The lowest BCUT2D eigenvalue weighted by Gasteiger charge is -2.25. The molecule has 0 heterocycles. The van der Waals surface area contributed by atoms with Crippen LogP contribution in [0.25, 0.3) is 0 Å². The summed E-state index contributed by atoms with van der Waals surface area (Å²) in [6.45, 7) is 2.29. The molecule has 1 unspecified atom stereocenters. The molecular formula is C20H21ClFNO3. The maximum Gasteiger partial charge on any atom is 0.310 e. The van der Waals surface area contributed by atoms with Crippen molar-refractivity contribution in [2.75, 3.05) is 13.7 Å². The molecule has 0 saturated heterocycles. The number of halogens is 2. The fraction of sp³-hybridized carbons (Fsp3) is 0.300. The van der Waals surface area contributed by atoms with Crippen LogP contribution in [0.3, 0.4) is 0 Å². The summed E-state index contributed by atoms with van der Waals surface area (Å²) in [5.74, 6) is -1.33. The maximum absolute atomic E-state index is 13.0. The Bertz CT molecular complexity index is 747. The number of benzene rings is 2. The minimum Gasteiger partial charge on any atom is -0.469 e. The average Bonchev–Trinajstić information content (AvgIpc) is 2.64. The number of hydrogen-bond donors (Lipinski definition) is 0. The van der Waals surface area contributed by atoms with Crippen molar-refractivity contribution in [3.63, 3.8) is 0 Å². The molecule has 2 aromatic rings. The van der Waals surface area contributed by atoms with E-state index in [0.717, 1.165) is 5.56 Å². The molecule has 0 aliphatic carbocycles. The Hall–Kier alpha value is -2.40. The SMILES string of the molecule is COC(=O)C(C)CN(Cc1ccc(Cl)cc1)C(=O)Cc1ccc(F)cc1. The normalized spacial score (nSPS) is 11.7. The third kappa shape index (κ3) is 5.85. The summed E-state index contributed by atoms with van der Waals surface area (Å²) in [6.07, 6.45) is 0.127. The van der Waals surface area contributed by atoms with Gasteiger partial charge >= 0.3 is 5.97 Å². The van der Waals surface area contributed by atoms with Crippen LogP contribution in [0, 0.1) is 11.7 Å². The van der Waals surface area contributed by atoms with Crippen LogP contribution in [0.2, 0.25) is 5.02 Å². The minimum atomic E-state index is -0.454. The van der Waals surface area contributed by atoms with Gasteiger partial charge in [0.1, 0.15) is 5.82 Å². The van der Waals surface area contributed by atoms with Crippen LogP contribution < -0.4 is 0 Å². The van der Waals surface area contributed by atoms with Crippen LogP contribution >= 0.6 is 11.6 Å². The highest BCUT2D eigenvalue weighted by molar-refractivity contribution is 6.30. The van der Waals surface area contributed by atoms with Gasteiger partial charge in [-0.2, -0.15) is 0 Å². The number of methoxy groups -OCH3 is 1. The summed E-state index contributed by atoms with van der Waals surface area (Å²) >= 11 is 5.90. The monoisotopic (exact) mass is 377 g/mol. The second kappa shape index (κ2) is 9.34.